The van der Waals surface area contributed by atoms with Gasteiger partial charge in [-0.05, 0) is 45.1 Å². The van der Waals surface area contributed by atoms with Crippen molar-refractivity contribution in [1.82, 2.24) is 20.0 Å². The molecular weight excluding hydrogens is 332 g/mol. The Hall–Kier alpha value is -1.01. The van der Waals surface area contributed by atoms with Gasteiger partial charge in [0.15, 0.2) is 5.69 Å². The first-order chi connectivity index (χ1) is 12.1. The SMILES string of the molecule is CCn1nc(C(=O)N2CCSCC2)c2c1CC[C@H](NCCC(C)C)C2. The van der Waals surface area contributed by atoms with E-state index in [1.807, 2.05) is 16.7 Å². The number of nitrogens with one attached hydrogen (secondary N) is 1. The molecule has 6 heteroatoms. The summed E-state index contributed by atoms with van der Waals surface area (Å²) in [5.41, 5.74) is 3.22. The van der Waals surface area contributed by atoms with Crippen molar-refractivity contribution < 1.29 is 4.79 Å². The summed E-state index contributed by atoms with van der Waals surface area (Å²) in [7, 11) is 0. The number of hydrogen-bond acceptors (Lipinski definition) is 4. The van der Waals surface area contributed by atoms with Gasteiger partial charge in [-0.1, -0.05) is 13.8 Å². The third-order valence-electron chi connectivity index (χ3n) is 5.30. The summed E-state index contributed by atoms with van der Waals surface area (Å²) in [6.07, 6.45) is 4.31. The van der Waals surface area contributed by atoms with E-state index in [1.54, 1.807) is 0 Å². The van der Waals surface area contributed by atoms with Crippen molar-refractivity contribution in [3.8, 4) is 0 Å². The molecule has 1 N–H and O–H groups in total. The number of nitrogens with zero attached hydrogens (tertiary/aromatic N) is 3. The Morgan fingerprint density at radius 1 is 1.36 bits per heavy atom. The van der Waals surface area contributed by atoms with Crippen LogP contribution in [0.2, 0.25) is 0 Å². The van der Waals surface area contributed by atoms with Crippen LogP contribution < -0.4 is 5.32 Å². The second-order valence-corrected chi connectivity index (χ2v) is 8.80. The number of aromatic nitrogens is 2. The zero-order valence-corrected chi connectivity index (χ0v) is 16.7. The molecule has 1 aliphatic carbocycles. The standard InChI is InChI=1S/C19H32N4OS/c1-4-23-17-6-5-15(20-8-7-14(2)3)13-16(17)18(21-23)19(24)22-9-11-25-12-10-22/h14-15,20H,4-13H2,1-3H3/t15-/m0/s1. The zero-order valence-electron chi connectivity index (χ0n) is 15.9. The molecule has 5 nitrogen and oxygen atoms in total. The van der Waals surface area contributed by atoms with Gasteiger partial charge in [-0.15, -0.1) is 0 Å². The van der Waals surface area contributed by atoms with E-state index in [1.165, 1.54) is 17.7 Å². The summed E-state index contributed by atoms with van der Waals surface area (Å²) in [6, 6.07) is 0.476. The van der Waals surface area contributed by atoms with E-state index in [9.17, 15) is 4.79 Å². The van der Waals surface area contributed by atoms with E-state index in [4.69, 9.17) is 5.10 Å². The lowest BCUT2D eigenvalue weighted by molar-refractivity contribution is 0.0764. The first kappa shape index (κ1) is 18.8. The largest absolute Gasteiger partial charge is 0.336 e. The summed E-state index contributed by atoms with van der Waals surface area (Å²) in [6.45, 7) is 10.3. The topological polar surface area (TPSA) is 50.2 Å². The highest BCUT2D eigenvalue weighted by atomic mass is 32.2. The van der Waals surface area contributed by atoms with Crippen molar-refractivity contribution in [3.05, 3.63) is 17.0 Å². The molecule has 0 bridgehead atoms. The minimum Gasteiger partial charge on any atom is -0.336 e. The molecule has 0 aromatic carbocycles. The maximum atomic E-state index is 13.0. The molecule has 25 heavy (non-hydrogen) atoms. The van der Waals surface area contributed by atoms with E-state index in [2.05, 4.69) is 30.8 Å². The number of rotatable bonds is 6. The van der Waals surface area contributed by atoms with E-state index in [-0.39, 0.29) is 5.91 Å². The molecule has 140 valence electrons. The van der Waals surface area contributed by atoms with Gasteiger partial charge in [0.25, 0.3) is 5.91 Å². The van der Waals surface area contributed by atoms with Gasteiger partial charge in [0.05, 0.1) is 0 Å². The maximum absolute atomic E-state index is 13.0. The van der Waals surface area contributed by atoms with Gasteiger partial charge < -0.3 is 10.2 Å². The number of fused-ring (bicyclic) bond motifs is 1. The van der Waals surface area contributed by atoms with Crippen LogP contribution in [0.15, 0.2) is 0 Å². The van der Waals surface area contributed by atoms with Crippen molar-refractivity contribution >= 4 is 17.7 Å². The smallest absolute Gasteiger partial charge is 0.274 e. The molecule has 1 atom stereocenters. The van der Waals surface area contributed by atoms with Crippen LogP contribution in [-0.4, -0.2) is 57.8 Å². The average molecular weight is 365 g/mol. The highest BCUT2D eigenvalue weighted by molar-refractivity contribution is 7.99. The Morgan fingerprint density at radius 3 is 2.80 bits per heavy atom. The van der Waals surface area contributed by atoms with E-state index >= 15 is 0 Å². The third kappa shape index (κ3) is 4.40. The van der Waals surface area contributed by atoms with Crippen LogP contribution in [-0.2, 0) is 19.4 Å². The molecule has 1 aliphatic heterocycles. The van der Waals surface area contributed by atoms with Crippen molar-refractivity contribution in [2.45, 2.75) is 59.0 Å². The van der Waals surface area contributed by atoms with Gasteiger partial charge in [0.2, 0.25) is 0 Å². The van der Waals surface area contributed by atoms with Crippen LogP contribution in [0.5, 0.6) is 0 Å². The lowest BCUT2D eigenvalue weighted by Gasteiger charge is -2.27. The quantitative estimate of drug-likeness (QED) is 0.843. The van der Waals surface area contributed by atoms with Gasteiger partial charge >= 0.3 is 0 Å². The van der Waals surface area contributed by atoms with Crippen molar-refractivity contribution in [2.24, 2.45) is 5.92 Å². The predicted octanol–water partition coefficient (Wildman–Crippen LogP) is 2.59. The molecule has 3 rings (SSSR count). The van der Waals surface area contributed by atoms with Crippen molar-refractivity contribution in [2.75, 3.05) is 31.1 Å². The summed E-state index contributed by atoms with van der Waals surface area (Å²) >= 11 is 1.93. The number of hydrogen-bond donors (Lipinski definition) is 1. The monoisotopic (exact) mass is 364 g/mol. The molecule has 0 radical (unpaired) electrons. The van der Waals surface area contributed by atoms with Crippen LogP contribution in [0.1, 0.15) is 55.4 Å². The fourth-order valence-corrected chi connectivity index (χ4v) is 4.69. The zero-order chi connectivity index (χ0) is 17.8. The Morgan fingerprint density at radius 2 is 2.12 bits per heavy atom. The van der Waals surface area contributed by atoms with Crippen LogP contribution in [0, 0.1) is 5.92 Å². The second kappa shape index (κ2) is 8.58. The Kier molecular flexibility index (Phi) is 6.44. The van der Waals surface area contributed by atoms with E-state index < -0.39 is 0 Å². The number of thioether (sulfide) groups is 1. The van der Waals surface area contributed by atoms with Gasteiger partial charge in [-0.3, -0.25) is 9.48 Å². The average Bonchev–Trinajstić information content (AvgIpc) is 2.99. The fraction of sp³-hybridized carbons (Fsp3) is 0.789. The Bertz CT molecular complexity index is 592. The molecule has 2 heterocycles. The van der Waals surface area contributed by atoms with Crippen LogP contribution >= 0.6 is 11.8 Å². The fourth-order valence-electron chi connectivity index (χ4n) is 3.79. The number of amides is 1. The van der Waals surface area contributed by atoms with E-state index in [0.29, 0.717) is 6.04 Å². The number of aryl methyl sites for hydroxylation is 1. The molecule has 0 saturated carbocycles. The highest BCUT2D eigenvalue weighted by Gasteiger charge is 2.31. The number of carbonyl (C=O) groups is 1. The molecule has 1 aromatic heterocycles. The predicted molar refractivity (Wildman–Crippen MR) is 104 cm³/mol. The molecule has 1 fully saturated rings. The van der Waals surface area contributed by atoms with E-state index in [0.717, 1.165) is 68.6 Å². The summed E-state index contributed by atoms with van der Waals surface area (Å²) < 4.78 is 2.06. The Balaban J connectivity index is 1.74. The molecular formula is C19H32N4OS. The van der Waals surface area contributed by atoms with Crippen molar-refractivity contribution in [3.63, 3.8) is 0 Å². The normalized spacial score (nSPS) is 20.8. The first-order valence-corrected chi connectivity index (χ1v) is 10.9. The minimum atomic E-state index is 0.145. The first-order valence-electron chi connectivity index (χ1n) is 9.79. The molecule has 1 amide bonds. The highest BCUT2D eigenvalue weighted by Crippen LogP contribution is 2.26. The lowest BCUT2D eigenvalue weighted by atomic mass is 9.90. The summed E-state index contributed by atoms with van der Waals surface area (Å²) in [5, 5.41) is 8.42. The molecule has 0 unspecified atom stereocenters. The minimum absolute atomic E-state index is 0.145. The van der Waals surface area contributed by atoms with Crippen LogP contribution in [0.4, 0.5) is 0 Å². The summed E-state index contributed by atoms with van der Waals surface area (Å²) in [4.78, 5) is 15.0. The number of carbonyl (C=O) groups excluding carboxylic acids is 1. The van der Waals surface area contributed by atoms with Crippen LogP contribution in [0.25, 0.3) is 0 Å². The molecule has 2 aliphatic rings. The van der Waals surface area contributed by atoms with Crippen molar-refractivity contribution in [1.29, 1.82) is 0 Å². The van der Waals surface area contributed by atoms with Gasteiger partial charge in [-0.2, -0.15) is 16.9 Å². The lowest BCUT2D eigenvalue weighted by Crippen LogP contribution is -2.39. The van der Waals surface area contributed by atoms with Gasteiger partial charge in [0.1, 0.15) is 0 Å². The Labute approximate surface area is 155 Å². The third-order valence-corrected chi connectivity index (χ3v) is 6.24. The molecule has 0 spiro atoms. The van der Waals surface area contributed by atoms with Crippen LogP contribution in [0.3, 0.4) is 0 Å². The molecule has 1 aromatic rings. The molecule has 1 saturated heterocycles. The maximum Gasteiger partial charge on any atom is 0.274 e. The second-order valence-electron chi connectivity index (χ2n) is 7.57. The summed E-state index contributed by atoms with van der Waals surface area (Å²) in [5.74, 6) is 2.96. The van der Waals surface area contributed by atoms with Gasteiger partial charge in [0, 0.05) is 48.4 Å². The van der Waals surface area contributed by atoms with Gasteiger partial charge in [-0.25, -0.2) is 0 Å².